The number of urea groups is 1. The summed E-state index contributed by atoms with van der Waals surface area (Å²) in [6, 6.07) is -0.180. The van der Waals surface area contributed by atoms with Crippen molar-refractivity contribution in [2.45, 2.75) is 32.2 Å². The molecule has 0 aromatic heterocycles. The highest BCUT2D eigenvalue weighted by molar-refractivity contribution is 5.87. The zero-order valence-electron chi connectivity index (χ0n) is 9.49. The van der Waals surface area contributed by atoms with Crippen LogP contribution in [0.3, 0.4) is 0 Å². The lowest BCUT2D eigenvalue weighted by molar-refractivity contribution is -0.149. The van der Waals surface area contributed by atoms with Crippen LogP contribution in [0.25, 0.3) is 0 Å². The summed E-state index contributed by atoms with van der Waals surface area (Å²) in [7, 11) is 1.69. The maximum atomic E-state index is 11.8. The van der Waals surface area contributed by atoms with E-state index >= 15 is 0 Å². The first-order valence-electron chi connectivity index (χ1n) is 5.25. The van der Waals surface area contributed by atoms with Crippen LogP contribution < -0.4 is 0 Å². The van der Waals surface area contributed by atoms with Gasteiger partial charge in [0, 0.05) is 20.1 Å². The van der Waals surface area contributed by atoms with Gasteiger partial charge in [0.05, 0.1) is 0 Å². The Labute approximate surface area is 89.7 Å². The van der Waals surface area contributed by atoms with Gasteiger partial charge in [-0.2, -0.15) is 0 Å². The number of amides is 2. The summed E-state index contributed by atoms with van der Waals surface area (Å²) >= 11 is 0. The second-order valence-electron chi connectivity index (χ2n) is 3.90. The van der Waals surface area contributed by atoms with E-state index in [1.54, 1.807) is 11.9 Å². The summed E-state index contributed by atoms with van der Waals surface area (Å²) in [5.74, 6) is -0.906. The van der Waals surface area contributed by atoms with Crippen molar-refractivity contribution in [3.05, 3.63) is 0 Å². The molecule has 0 spiro atoms. The van der Waals surface area contributed by atoms with E-state index in [-0.39, 0.29) is 6.03 Å². The molecule has 0 atom stereocenters. The first kappa shape index (κ1) is 11.8. The fraction of sp³-hybridized carbons (Fsp3) is 0.800. The average molecular weight is 214 g/mol. The molecule has 0 unspecified atom stereocenters. The summed E-state index contributed by atoms with van der Waals surface area (Å²) in [6.07, 6.45) is 0.886. The Bertz CT molecular complexity index is 274. The molecular weight excluding hydrogens is 196 g/mol. The SMILES string of the molecule is CCC(CC)(C(=O)O)N1CCN(C)C1=O. The van der Waals surface area contributed by atoms with Crippen molar-refractivity contribution in [1.29, 1.82) is 0 Å². The highest BCUT2D eigenvalue weighted by atomic mass is 16.4. The van der Waals surface area contributed by atoms with Gasteiger partial charge in [0.2, 0.25) is 0 Å². The van der Waals surface area contributed by atoms with E-state index in [2.05, 4.69) is 0 Å². The quantitative estimate of drug-likeness (QED) is 0.759. The van der Waals surface area contributed by atoms with Crippen molar-refractivity contribution < 1.29 is 14.7 Å². The second kappa shape index (κ2) is 4.08. The van der Waals surface area contributed by atoms with Gasteiger partial charge in [-0.25, -0.2) is 9.59 Å². The Morgan fingerprint density at radius 3 is 2.20 bits per heavy atom. The smallest absolute Gasteiger partial charge is 0.329 e. The molecule has 1 saturated heterocycles. The van der Waals surface area contributed by atoms with Crippen molar-refractivity contribution in [2.24, 2.45) is 0 Å². The predicted octanol–water partition coefficient (Wildman–Crippen LogP) is 0.997. The third-order valence-corrected chi connectivity index (χ3v) is 3.30. The predicted molar refractivity (Wildman–Crippen MR) is 55.7 cm³/mol. The van der Waals surface area contributed by atoms with Crippen LogP contribution in [-0.4, -0.2) is 52.6 Å². The highest BCUT2D eigenvalue weighted by Crippen LogP contribution is 2.28. The van der Waals surface area contributed by atoms with Crippen molar-refractivity contribution in [1.82, 2.24) is 9.80 Å². The van der Waals surface area contributed by atoms with Gasteiger partial charge in [0.1, 0.15) is 5.54 Å². The molecule has 0 aromatic carbocycles. The van der Waals surface area contributed by atoms with E-state index in [0.717, 1.165) is 0 Å². The Morgan fingerprint density at radius 2 is 1.93 bits per heavy atom. The number of aliphatic carboxylic acids is 1. The van der Waals surface area contributed by atoms with Gasteiger partial charge in [-0.3, -0.25) is 0 Å². The number of likely N-dealkylation sites (N-methyl/N-ethyl adjacent to an activating group) is 1. The van der Waals surface area contributed by atoms with Gasteiger partial charge in [0.15, 0.2) is 0 Å². The number of hydrogen-bond donors (Lipinski definition) is 1. The van der Waals surface area contributed by atoms with Crippen LogP contribution in [0.15, 0.2) is 0 Å². The molecule has 2 amide bonds. The van der Waals surface area contributed by atoms with Crippen molar-refractivity contribution in [2.75, 3.05) is 20.1 Å². The number of hydrogen-bond acceptors (Lipinski definition) is 2. The normalized spacial score (nSPS) is 17.4. The maximum Gasteiger partial charge on any atom is 0.329 e. The monoisotopic (exact) mass is 214 g/mol. The molecule has 0 bridgehead atoms. The molecule has 86 valence electrons. The molecule has 1 rings (SSSR count). The largest absolute Gasteiger partial charge is 0.479 e. The Morgan fingerprint density at radius 1 is 1.40 bits per heavy atom. The fourth-order valence-electron chi connectivity index (χ4n) is 2.09. The Hall–Kier alpha value is -1.26. The van der Waals surface area contributed by atoms with E-state index in [1.807, 2.05) is 13.8 Å². The van der Waals surface area contributed by atoms with Gasteiger partial charge < -0.3 is 14.9 Å². The number of nitrogens with zero attached hydrogens (tertiary/aromatic N) is 2. The zero-order valence-corrected chi connectivity index (χ0v) is 9.49. The average Bonchev–Trinajstić information content (AvgIpc) is 2.52. The summed E-state index contributed by atoms with van der Waals surface area (Å²) < 4.78 is 0. The fourth-order valence-corrected chi connectivity index (χ4v) is 2.09. The minimum Gasteiger partial charge on any atom is -0.479 e. The molecule has 1 heterocycles. The van der Waals surface area contributed by atoms with E-state index in [0.29, 0.717) is 25.9 Å². The van der Waals surface area contributed by atoms with E-state index in [4.69, 9.17) is 0 Å². The van der Waals surface area contributed by atoms with Crippen molar-refractivity contribution in [3.63, 3.8) is 0 Å². The summed E-state index contributed by atoms with van der Waals surface area (Å²) in [5, 5.41) is 9.28. The van der Waals surface area contributed by atoms with Crippen LogP contribution in [-0.2, 0) is 4.79 Å². The zero-order chi connectivity index (χ0) is 11.6. The number of carbonyl (C=O) groups excluding carboxylic acids is 1. The first-order chi connectivity index (χ1) is 6.99. The summed E-state index contributed by atoms with van der Waals surface area (Å²) in [6.45, 7) is 4.73. The minimum atomic E-state index is -1.03. The van der Waals surface area contributed by atoms with Crippen molar-refractivity contribution in [3.8, 4) is 0 Å². The molecule has 15 heavy (non-hydrogen) atoms. The first-order valence-corrected chi connectivity index (χ1v) is 5.25. The van der Waals surface area contributed by atoms with Gasteiger partial charge in [0.25, 0.3) is 0 Å². The molecular formula is C10H18N2O3. The van der Waals surface area contributed by atoms with E-state index < -0.39 is 11.5 Å². The molecule has 0 saturated carbocycles. The third kappa shape index (κ3) is 1.66. The van der Waals surface area contributed by atoms with Crippen LogP contribution in [0.5, 0.6) is 0 Å². The van der Waals surface area contributed by atoms with Crippen LogP contribution in [0, 0.1) is 0 Å². The van der Waals surface area contributed by atoms with Crippen LogP contribution in [0.2, 0.25) is 0 Å². The third-order valence-electron chi connectivity index (χ3n) is 3.30. The van der Waals surface area contributed by atoms with E-state index in [1.165, 1.54) is 4.90 Å². The van der Waals surface area contributed by atoms with Crippen LogP contribution >= 0.6 is 0 Å². The maximum absolute atomic E-state index is 11.8. The molecule has 0 radical (unpaired) electrons. The topological polar surface area (TPSA) is 60.9 Å². The minimum absolute atomic E-state index is 0.180. The Kier molecular flexibility index (Phi) is 3.21. The van der Waals surface area contributed by atoms with Crippen molar-refractivity contribution >= 4 is 12.0 Å². The molecule has 1 fully saturated rings. The molecule has 1 N–H and O–H groups in total. The van der Waals surface area contributed by atoms with Gasteiger partial charge in [-0.15, -0.1) is 0 Å². The molecule has 0 aromatic rings. The lowest BCUT2D eigenvalue weighted by Crippen LogP contribution is -2.55. The number of carbonyl (C=O) groups is 2. The highest BCUT2D eigenvalue weighted by Gasteiger charge is 2.46. The lowest BCUT2D eigenvalue weighted by atomic mass is 9.91. The molecule has 1 aliphatic heterocycles. The summed E-state index contributed by atoms with van der Waals surface area (Å²) in [4.78, 5) is 26.1. The van der Waals surface area contributed by atoms with Crippen LogP contribution in [0.1, 0.15) is 26.7 Å². The second-order valence-corrected chi connectivity index (χ2v) is 3.90. The van der Waals surface area contributed by atoms with Gasteiger partial charge in [-0.05, 0) is 12.8 Å². The summed E-state index contributed by atoms with van der Waals surface area (Å²) in [5.41, 5.74) is -1.03. The molecule has 1 aliphatic rings. The number of rotatable bonds is 4. The molecule has 5 nitrogen and oxygen atoms in total. The molecule has 0 aliphatic carbocycles. The molecule has 5 heteroatoms. The van der Waals surface area contributed by atoms with Gasteiger partial charge >= 0.3 is 12.0 Å². The standard InChI is InChI=1S/C10H18N2O3/c1-4-10(5-2,8(13)14)12-7-6-11(3)9(12)15/h4-7H2,1-3H3,(H,13,14). The number of carboxylic acid groups (broad SMARTS) is 1. The van der Waals surface area contributed by atoms with E-state index in [9.17, 15) is 14.7 Å². The lowest BCUT2D eigenvalue weighted by Gasteiger charge is -2.36. The number of carboxylic acids is 1. The Balaban J connectivity index is 3.00. The van der Waals surface area contributed by atoms with Gasteiger partial charge in [-0.1, -0.05) is 13.8 Å². The van der Waals surface area contributed by atoms with Crippen LogP contribution in [0.4, 0.5) is 4.79 Å².